The first-order valence-corrected chi connectivity index (χ1v) is 7.90. The minimum Gasteiger partial charge on any atom is -0.466 e. The minimum absolute atomic E-state index is 0.0737. The van der Waals surface area contributed by atoms with Gasteiger partial charge >= 0.3 is 5.97 Å². The maximum atomic E-state index is 11.3. The molecule has 0 amide bonds. The molecule has 2 aromatic rings. The van der Waals surface area contributed by atoms with Crippen LogP contribution in [0.5, 0.6) is 0 Å². The highest BCUT2D eigenvalue weighted by Gasteiger charge is 2.17. The summed E-state index contributed by atoms with van der Waals surface area (Å²) >= 11 is 1.85. The molecule has 0 atom stereocenters. The van der Waals surface area contributed by atoms with Crippen LogP contribution in [0.25, 0.3) is 17.2 Å². The fraction of sp³-hybridized carbons (Fsp3) is 0.0625. The van der Waals surface area contributed by atoms with Crippen LogP contribution in [-0.2, 0) is 9.53 Å². The molecule has 0 bridgehead atoms. The predicted molar refractivity (Wildman–Crippen MR) is 99.0 cm³/mol. The molecule has 2 rings (SSSR count). The van der Waals surface area contributed by atoms with Gasteiger partial charge in [0, 0.05) is 18.2 Å². The van der Waals surface area contributed by atoms with E-state index in [1.165, 1.54) is 31.4 Å². The van der Waals surface area contributed by atoms with Gasteiger partial charge in [-0.3, -0.25) is 20.2 Å². The van der Waals surface area contributed by atoms with Crippen molar-refractivity contribution in [3.8, 4) is 11.1 Å². The minimum atomic E-state index is -0.633. The number of hydrogen-bond donors (Lipinski definition) is 0. The van der Waals surface area contributed by atoms with Crippen LogP contribution < -0.4 is 0 Å². The van der Waals surface area contributed by atoms with E-state index in [1.54, 1.807) is 18.2 Å². The van der Waals surface area contributed by atoms with Crippen LogP contribution in [0.4, 0.5) is 11.4 Å². The van der Waals surface area contributed by atoms with Gasteiger partial charge in [-0.05, 0) is 51.9 Å². The Morgan fingerprint density at radius 2 is 1.60 bits per heavy atom. The standard InChI is InChI=1S/C16H11IN2O6/c1-25-16(20)7-5-10-2-3-11(8-14(10)18(21)22)12-4-6-13(17)15(9-12)19(23)24/h2-9H,1H3/b7-5+. The summed E-state index contributed by atoms with van der Waals surface area (Å²) in [5.41, 5.74) is 0.869. The van der Waals surface area contributed by atoms with Gasteiger partial charge in [0.05, 0.1) is 26.1 Å². The third kappa shape index (κ3) is 4.38. The van der Waals surface area contributed by atoms with Crippen LogP contribution in [0.15, 0.2) is 42.5 Å². The first-order chi connectivity index (χ1) is 11.8. The van der Waals surface area contributed by atoms with Crippen molar-refractivity contribution in [2.75, 3.05) is 7.11 Å². The zero-order chi connectivity index (χ0) is 18.6. The van der Waals surface area contributed by atoms with Crippen molar-refractivity contribution >= 4 is 46.0 Å². The lowest BCUT2D eigenvalue weighted by Gasteiger charge is -2.05. The van der Waals surface area contributed by atoms with Gasteiger partial charge in [0.15, 0.2) is 0 Å². The second-order valence-corrected chi connectivity index (χ2v) is 5.97. The summed E-state index contributed by atoms with van der Waals surface area (Å²) in [5, 5.41) is 22.3. The number of rotatable bonds is 5. The summed E-state index contributed by atoms with van der Waals surface area (Å²) in [7, 11) is 1.20. The van der Waals surface area contributed by atoms with Crippen LogP contribution in [0, 0.1) is 23.8 Å². The van der Waals surface area contributed by atoms with E-state index in [0.717, 1.165) is 6.08 Å². The molecule has 0 aromatic heterocycles. The van der Waals surface area contributed by atoms with Crippen LogP contribution in [0.3, 0.4) is 0 Å². The lowest BCUT2D eigenvalue weighted by molar-refractivity contribution is -0.385. The summed E-state index contributed by atoms with van der Waals surface area (Å²) < 4.78 is 4.92. The van der Waals surface area contributed by atoms with Crippen LogP contribution in [-0.4, -0.2) is 22.9 Å². The predicted octanol–water partition coefficient (Wildman–Crippen LogP) is 3.96. The number of nitro benzene ring substituents is 2. The van der Waals surface area contributed by atoms with Crippen molar-refractivity contribution in [2.24, 2.45) is 0 Å². The van der Waals surface area contributed by atoms with E-state index in [0.29, 0.717) is 14.7 Å². The molecule has 0 aliphatic carbocycles. The molecule has 8 nitrogen and oxygen atoms in total. The van der Waals surface area contributed by atoms with Crippen LogP contribution >= 0.6 is 22.6 Å². The summed E-state index contributed by atoms with van der Waals surface area (Å²) in [4.78, 5) is 32.4. The van der Waals surface area contributed by atoms with Crippen molar-refractivity contribution < 1.29 is 19.4 Å². The molecule has 9 heteroatoms. The lowest BCUT2D eigenvalue weighted by atomic mass is 10.0. The number of nitrogens with zero attached hydrogens (tertiary/aromatic N) is 2. The highest BCUT2D eigenvalue weighted by atomic mass is 127. The number of halogens is 1. The van der Waals surface area contributed by atoms with Crippen molar-refractivity contribution in [1.29, 1.82) is 0 Å². The lowest BCUT2D eigenvalue weighted by Crippen LogP contribution is -1.96. The van der Waals surface area contributed by atoms with E-state index in [2.05, 4.69) is 4.74 Å². The molecule has 0 saturated heterocycles. The molecule has 0 radical (unpaired) electrons. The Morgan fingerprint density at radius 3 is 2.16 bits per heavy atom. The first kappa shape index (κ1) is 18.5. The second-order valence-electron chi connectivity index (χ2n) is 4.81. The van der Waals surface area contributed by atoms with E-state index in [-0.39, 0.29) is 16.9 Å². The van der Waals surface area contributed by atoms with Gasteiger partial charge in [0.25, 0.3) is 11.4 Å². The number of carbonyl (C=O) groups excluding carboxylic acids is 1. The SMILES string of the molecule is COC(=O)/C=C/c1ccc(-c2ccc(I)c([N+](=O)[O-])c2)cc1[N+](=O)[O-]. The van der Waals surface area contributed by atoms with Gasteiger partial charge in [-0.2, -0.15) is 0 Å². The summed E-state index contributed by atoms with van der Waals surface area (Å²) in [6.07, 6.45) is 2.36. The van der Waals surface area contributed by atoms with E-state index in [4.69, 9.17) is 0 Å². The zero-order valence-electron chi connectivity index (χ0n) is 12.8. The Morgan fingerprint density at radius 1 is 1.04 bits per heavy atom. The third-order valence-electron chi connectivity index (χ3n) is 3.30. The molecular formula is C16H11IN2O6. The van der Waals surface area contributed by atoms with E-state index < -0.39 is 15.8 Å². The van der Waals surface area contributed by atoms with Crippen molar-refractivity contribution in [3.63, 3.8) is 0 Å². The van der Waals surface area contributed by atoms with E-state index in [9.17, 15) is 25.0 Å². The largest absolute Gasteiger partial charge is 0.466 e. The zero-order valence-corrected chi connectivity index (χ0v) is 15.0. The fourth-order valence-corrected chi connectivity index (χ4v) is 2.61. The quantitative estimate of drug-likeness (QED) is 0.222. The Kier molecular flexibility index (Phi) is 5.80. The average molecular weight is 454 g/mol. The third-order valence-corrected chi connectivity index (χ3v) is 4.22. The maximum absolute atomic E-state index is 11.3. The summed E-state index contributed by atoms with van der Waals surface area (Å²) in [6, 6.07) is 8.96. The highest BCUT2D eigenvalue weighted by Crippen LogP contribution is 2.32. The molecule has 0 aliphatic heterocycles. The average Bonchev–Trinajstić information content (AvgIpc) is 2.59. The maximum Gasteiger partial charge on any atom is 0.330 e. The van der Waals surface area contributed by atoms with Gasteiger partial charge in [0.2, 0.25) is 0 Å². The normalized spacial score (nSPS) is 10.6. The Hall–Kier alpha value is -2.82. The van der Waals surface area contributed by atoms with E-state index in [1.807, 2.05) is 22.6 Å². The monoisotopic (exact) mass is 454 g/mol. The number of hydrogen-bond acceptors (Lipinski definition) is 6. The molecule has 0 unspecified atom stereocenters. The Balaban J connectivity index is 2.51. The molecule has 0 N–H and O–H groups in total. The number of ether oxygens (including phenoxy) is 1. The number of nitro groups is 2. The number of esters is 1. The fourth-order valence-electron chi connectivity index (χ4n) is 2.08. The number of benzene rings is 2. The second kappa shape index (κ2) is 7.83. The molecule has 25 heavy (non-hydrogen) atoms. The van der Waals surface area contributed by atoms with Crippen molar-refractivity contribution in [2.45, 2.75) is 0 Å². The Labute approximate surface area is 155 Å². The summed E-state index contributed by atoms with van der Waals surface area (Å²) in [5.74, 6) is -0.633. The Bertz CT molecular complexity index is 894. The van der Waals surface area contributed by atoms with Crippen molar-refractivity contribution in [1.82, 2.24) is 0 Å². The molecular weight excluding hydrogens is 443 g/mol. The summed E-state index contributed by atoms with van der Waals surface area (Å²) in [6.45, 7) is 0. The van der Waals surface area contributed by atoms with Gasteiger partial charge in [-0.15, -0.1) is 0 Å². The van der Waals surface area contributed by atoms with Gasteiger partial charge in [-0.1, -0.05) is 12.1 Å². The molecule has 0 spiro atoms. The molecule has 0 fully saturated rings. The van der Waals surface area contributed by atoms with Crippen LogP contribution in [0.1, 0.15) is 5.56 Å². The van der Waals surface area contributed by atoms with Gasteiger partial charge in [0.1, 0.15) is 0 Å². The van der Waals surface area contributed by atoms with Gasteiger partial charge < -0.3 is 4.74 Å². The molecule has 128 valence electrons. The highest BCUT2D eigenvalue weighted by molar-refractivity contribution is 14.1. The van der Waals surface area contributed by atoms with Crippen molar-refractivity contribution in [3.05, 3.63) is 71.8 Å². The number of methoxy groups -OCH3 is 1. The first-order valence-electron chi connectivity index (χ1n) is 6.82. The smallest absolute Gasteiger partial charge is 0.330 e. The molecule has 2 aromatic carbocycles. The van der Waals surface area contributed by atoms with Gasteiger partial charge in [-0.25, -0.2) is 4.79 Å². The molecule has 0 aliphatic rings. The topological polar surface area (TPSA) is 113 Å². The number of carbonyl (C=O) groups is 1. The molecule has 0 heterocycles. The van der Waals surface area contributed by atoms with E-state index >= 15 is 0 Å². The van der Waals surface area contributed by atoms with Crippen LogP contribution in [0.2, 0.25) is 0 Å². The molecule has 0 saturated carbocycles.